The predicted octanol–water partition coefficient (Wildman–Crippen LogP) is -9.75. The fourth-order valence-electron chi connectivity index (χ4n) is 5.57. The van der Waals surface area contributed by atoms with E-state index in [1.807, 2.05) is 0 Å². The van der Waals surface area contributed by atoms with Crippen molar-refractivity contribution in [2.45, 2.75) is 110 Å². The van der Waals surface area contributed by atoms with Crippen molar-refractivity contribution in [3.63, 3.8) is 0 Å². The van der Waals surface area contributed by atoms with Gasteiger partial charge in [0.2, 0.25) is 11.6 Å². The van der Waals surface area contributed by atoms with E-state index >= 15 is 0 Å². The van der Waals surface area contributed by atoms with Gasteiger partial charge in [0, 0.05) is 0 Å². The van der Waals surface area contributed by atoms with Crippen LogP contribution in [-0.2, 0) is 33.2 Å². The van der Waals surface area contributed by atoms with Gasteiger partial charge in [0.1, 0.15) is 98.7 Å². The molecule has 0 radical (unpaired) electrons. The highest BCUT2D eigenvalue weighted by molar-refractivity contribution is 5.01. The summed E-state index contributed by atoms with van der Waals surface area (Å²) in [6.45, 7) is -5.41. The minimum absolute atomic E-state index is 0.846. The lowest BCUT2D eigenvalue weighted by Crippen LogP contribution is -2.63. The van der Waals surface area contributed by atoms with Gasteiger partial charge in [0.15, 0.2) is 12.6 Å². The molecule has 0 aromatic carbocycles. The molecular formula is C24H42O21. The Kier molecular flexibility index (Phi) is 12.1. The van der Waals surface area contributed by atoms with Crippen molar-refractivity contribution in [1.82, 2.24) is 0 Å². The van der Waals surface area contributed by atoms with E-state index in [9.17, 15) is 71.5 Å². The molecule has 4 fully saturated rings. The highest BCUT2D eigenvalue weighted by Gasteiger charge is 2.62. The van der Waals surface area contributed by atoms with Crippen LogP contribution in [-0.4, -0.2) is 221 Å². The zero-order valence-electron chi connectivity index (χ0n) is 23.6. The Hall–Kier alpha value is -0.840. The molecule has 45 heavy (non-hydrogen) atoms. The summed E-state index contributed by atoms with van der Waals surface area (Å²) in [5, 5.41) is 142. The Balaban J connectivity index is 1.59. The molecular weight excluding hydrogens is 624 g/mol. The molecule has 0 spiro atoms. The van der Waals surface area contributed by atoms with Crippen molar-refractivity contribution in [1.29, 1.82) is 0 Å². The molecule has 0 unspecified atom stereocenters. The maximum atomic E-state index is 10.9. The minimum atomic E-state index is -2.55. The Bertz CT molecular complexity index is 873. The third kappa shape index (κ3) is 6.87. The van der Waals surface area contributed by atoms with Gasteiger partial charge in [0.25, 0.3) is 0 Å². The maximum Gasteiger partial charge on any atom is 0.224 e. The Morgan fingerprint density at radius 2 is 0.756 bits per heavy atom. The molecule has 14 N–H and O–H groups in total. The van der Waals surface area contributed by atoms with Gasteiger partial charge in [-0.1, -0.05) is 0 Å². The van der Waals surface area contributed by atoms with E-state index in [2.05, 4.69) is 0 Å². The molecule has 0 aliphatic carbocycles. The first-order chi connectivity index (χ1) is 21.2. The van der Waals surface area contributed by atoms with E-state index in [0.717, 1.165) is 0 Å². The second kappa shape index (κ2) is 14.7. The molecule has 4 rings (SSSR count). The maximum absolute atomic E-state index is 10.9. The summed E-state index contributed by atoms with van der Waals surface area (Å²) in [5.41, 5.74) is 0. The van der Waals surface area contributed by atoms with Crippen LogP contribution in [0.1, 0.15) is 0 Å². The molecule has 0 aromatic heterocycles. The van der Waals surface area contributed by atoms with Crippen LogP contribution in [0.5, 0.6) is 0 Å². The average molecular weight is 667 g/mol. The van der Waals surface area contributed by atoms with Gasteiger partial charge in [-0.25, -0.2) is 0 Å². The van der Waals surface area contributed by atoms with Gasteiger partial charge in [-0.05, 0) is 0 Å². The average Bonchev–Trinajstić information content (AvgIpc) is 3.41. The van der Waals surface area contributed by atoms with Crippen LogP contribution in [0.3, 0.4) is 0 Å². The summed E-state index contributed by atoms with van der Waals surface area (Å²) in [7, 11) is 0. The fraction of sp³-hybridized carbons (Fsp3) is 1.00. The second-order valence-electron chi connectivity index (χ2n) is 11.3. The molecule has 18 atom stereocenters. The lowest BCUT2D eigenvalue weighted by Gasteiger charge is -2.44. The Morgan fingerprint density at radius 1 is 0.422 bits per heavy atom. The molecule has 4 saturated heterocycles. The summed E-state index contributed by atoms with van der Waals surface area (Å²) in [6, 6.07) is 0. The zero-order valence-corrected chi connectivity index (χ0v) is 23.6. The molecule has 21 nitrogen and oxygen atoms in total. The van der Waals surface area contributed by atoms with Gasteiger partial charge < -0.3 is 105 Å². The third-order valence-corrected chi connectivity index (χ3v) is 8.31. The van der Waals surface area contributed by atoms with Crippen LogP contribution in [0.25, 0.3) is 0 Å². The monoisotopic (exact) mass is 666 g/mol. The van der Waals surface area contributed by atoms with Crippen molar-refractivity contribution in [2.75, 3.05) is 39.6 Å². The molecule has 4 heterocycles. The van der Waals surface area contributed by atoms with Crippen molar-refractivity contribution >= 4 is 0 Å². The van der Waals surface area contributed by atoms with E-state index in [-0.39, 0.29) is 0 Å². The fourth-order valence-corrected chi connectivity index (χ4v) is 5.57. The quantitative estimate of drug-likeness (QED) is 0.0919. The molecule has 0 aromatic rings. The van der Waals surface area contributed by atoms with Crippen molar-refractivity contribution in [3.8, 4) is 0 Å². The van der Waals surface area contributed by atoms with Crippen LogP contribution >= 0.6 is 0 Å². The number of hydrogen-bond acceptors (Lipinski definition) is 21. The zero-order chi connectivity index (χ0) is 33.4. The van der Waals surface area contributed by atoms with E-state index in [4.69, 9.17) is 33.2 Å². The molecule has 4 aliphatic rings. The van der Waals surface area contributed by atoms with Crippen molar-refractivity contribution < 1.29 is 105 Å². The number of rotatable bonds is 12. The number of aliphatic hydroxyl groups is 14. The lowest BCUT2D eigenvalue weighted by molar-refractivity contribution is -0.400. The van der Waals surface area contributed by atoms with Crippen LogP contribution in [0.4, 0.5) is 0 Å². The molecule has 264 valence electrons. The van der Waals surface area contributed by atoms with Gasteiger partial charge in [-0.3, -0.25) is 0 Å². The SMILES string of the molecule is OC[C@H]1O[C@@](COC[C@@]2(O[C@H]3O[C@H](CO)[C@@H](O)[C@H](O)[C@H]3O)O[C@H](CO)[C@@H](O)[C@@H]2O)(O[C@H]2O[C@H](CO)[C@@H](O)[C@H](O)[C@H]2O)[C@@H](O)[C@@H]1O. The minimum Gasteiger partial charge on any atom is -0.394 e. The Morgan fingerprint density at radius 3 is 1.04 bits per heavy atom. The number of ether oxygens (including phenoxy) is 7. The van der Waals surface area contributed by atoms with Crippen molar-refractivity contribution in [3.05, 3.63) is 0 Å². The van der Waals surface area contributed by atoms with Crippen LogP contribution in [0.15, 0.2) is 0 Å². The first kappa shape index (κ1) is 37.0. The molecule has 0 amide bonds. The van der Waals surface area contributed by atoms with Gasteiger partial charge in [-0.15, -0.1) is 0 Å². The van der Waals surface area contributed by atoms with E-state index in [1.165, 1.54) is 0 Å². The predicted molar refractivity (Wildman–Crippen MR) is 134 cm³/mol. The summed E-state index contributed by atoms with van der Waals surface area (Å²) >= 11 is 0. The summed E-state index contributed by atoms with van der Waals surface area (Å²) < 4.78 is 38.5. The van der Waals surface area contributed by atoms with Crippen LogP contribution < -0.4 is 0 Å². The highest BCUT2D eigenvalue weighted by Crippen LogP contribution is 2.39. The largest absolute Gasteiger partial charge is 0.394 e. The number of hydrogen-bond donors (Lipinski definition) is 14. The van der Waals surface area contributed by atoms with Gasteiger partial charge in [0.05, 0.1) is 26.4 Å². The smallest absolute Gasteiger partial charge is 0.224 e. The molecule has 0 saturated carbocycles. The Labute approximate surface area is 254 Å². The van der Waals surface area contributed by atoms with Crippen LogP contribution in [0, 0.1) is 0 Å². The van der Waals surface area contributed by atoms with Gasteiger partial charge >= 0.3 is 0 Å². The second-order valence-corrected chi connectivity index (χ2v) is 11.3. The summed E-state index contributed by atoms with van der Waals surface area (Å²) in [4.78, 5) is 0. The van der Waals surface area contributed by atoms with E-state index < -0.39 is 149 Å². The highest BCUT2D eigenvalue weighted by atomic mass is 16.8. The third-order valence-electron chi connectivity index (χ3n) is 8.31. The normalized spacial score (nSPS) is 52.4. The first-order valence-electron chi connectivity index (χ1n) is 14.0. The van der Waals surface area contributed by atoms with Gasteiger partial charge in [-0.2, -0.15) is 0 Å². The topological polar surface area (TPSA) is 348 Å². The van der Waals surface area contributed by atoms with E-state index in [1.54, 1.807) is 0 Å². The standard InChI is InChI=1S/C24H42O21/c25-1-7-11(29)15(33)17(35)21(40-7)44-23(19(37)13(31)9(3-27)42-23)5-39-6-24(20(38)14(32)10(4-28)43-24)45-22-18(36)16(34)12(30)8(2-26)41-22/h7-22,25-38H,1-6H2/t7-,8-,9-,10-,11-,12-,13-,14-,15+,16+,17-,18-,19+,20+,21-,22-,23+,24+/m1/s1. The lowest BCUT2D eigenvalue weighted by atomic mass is 9.98. The molecule has 0 bridgehead atoms. The summed E-state index contributed by atoms with van der Waals surface area (Å²) in [5.74, 6) is -5.10. The molecule has 21 heteroatoms. The van der Waals surface area contributed by atoms with Crippen LogP contribution in [0.2, 0.25) is 0 Å². The molecule has 4 aliphatic heterocycles. The first-order valence-corrected chi connectivity index (χ1v) is 14.0. The summed E-state index contributed by atoms with van der Waals surface area (Å²) in [6.07, 6.45) is -29.1. The van der Waals surface area contributed by atoms with Crippen molar-refractivity contribution in [2.24, 2.45) is 0 Å². The van der Waals surface area contributed by atoms with E-state index in [0.29, 0.717) is 0 Å². The number of aliphatic hydroxyl groups excluding tert-OH is 14.